The van der Waals surface area contributed by atoms with Gasteiger partial charge in [0.15, 0.2) is 0 Å². The van der Waals surface area contributed by atoms with Gasteiger partial charge in [0.2, 0.25) is 5.95 Å². The van der Waals surface area contributed by atoms with Gasteiger partial charge in [-0.25, -0.2) is 9.97 Å². The highest BCUT2D eigenvalue weighted by molar-refractivity contribution is 6.30. The minimum absolute atomic E-state index is 0.0709. The summed E-state index contributed by atoms with van der Waals surface area (Å²) in [5.74, 6) is 0.539. The minimum Gasteiger partial charge on any atom is -0.396 e. The topological polar surface area (TPSA) is 102 Å². The summed E-state index contributed by atoms with van der Waals surface area (Å²) in [6, 6.07) is 6.83. The lowest BCUT2D eigenvalue weighted by Gasteiger charge is -2.23. The molecule has 3 aromatic rings. The molecule has 1 saturated heterocycles. The minimum atomic E-state index is -0.367. The second-order valence-electron chi connectivity index (χ2n) is 7.42. The van der Waals surface area contributed by atoms with Gasteiger partial charge in [-0.15, -0.1) is 0 Å². The van der Waals surface area contributed by atoms with Crippen molar-refractivity contribution in [3.8, 4) is 11.3 Å². The van der Waals surface area contributed by atoms with E-state index in [1.807, 2.05) is 6.07 Å². The molecule has 4 rings (SSSR count). The zero-order valence-corrected chi connectivity index (χ0v) is 17.7. The Hall–Kier alpha value is -2.81. The van der Waals surface area contributed by atoms with Gasteiger partial charge in [-0.1, -0.05) is 11.6 Å². The van der Waals surface area contributed by atoms with Crippen LogP contribution >= 0.6 is 11.6 Å². The molecular formula is C22H24ClN5O3. The van der Waals surface area contributed by atoms with Crippen molar-refractivity contribution in [2.24, 2.45) is 0 Å². The molecule has 0 aromatic carbocycles. The highest BCUT2D eigenvalue weighted by Crippen LogP contribution is 2.24. The first-order chi connectivity index (χ1) is 15.1. The van der Waals surface area contributed by atoms with Crippen LogP contribution in [0.15, 0.2) is 53.8 Å². The second-order valence-corrected chi connectivity index (χ2v) is 7.86. The van der Waals surface area contributed by atoms with Crippen molar-refractivity contribution >= 4 is 17.5 Å². The molecule has 0 amide bonds. The Bertz CT molecular complexity index is 1080. The van der Waals surface area contributed by atoms with E-state index in [2.05, 4.69) is 20.3 Å². The average Bonchev–Trinajstić information content (AvgIpc) is 2.79. The van der Waals surface area contributed by atoms with Crippen molar-refractivity contribution in [1.82, 2.24) is 19.5 Å². The average molecular weight is 442 g/mol. The van der Waals surface area contributed by atoms with E-state index in [-0.39, 0.29) is 24.2 Å². The van der Waals surface area contributed by atoms with Crippen LogP contribution in [0.5, 0.6) is 0 Å². The molecule has 3 aromatic heterocycles. The fourth-order valence-electron chi connectivity index (χ4n) is 3.72. The Balaban J connectivity index is 1.59. The summed E-state index contributed by atoms with van der Waals surface area (Å²) in [4.78, 5) is 25.9. The molecule has 8 nitrogen and oxygen atoms in total. The molecule has 2 N–H and O–H groups in total. The number of rotatable bonds is 7. The van der Waals surface area contributed by atoms with Crippen molar-refractivity contribution in [1.29, 1.82) is 0 Å². The Morgan fingerprint density at radius 1 is 1.26 bits per heavy atom. The van der Waals surface area contributed by atoms with Crippen LogP contribution in [-0.4, -0.2) is 50.5 Å². The van der Waals surface area contributed by atoms with Gasteiger partial charge < -0.3 is 19.7 Å². The number of nitrogens with zero attached hydrogens (tertiary/aromatic N) is 4. The van der Waals surface area contributed by atoms with Gasteiger partial charge in [-0.2, -0.15) is 0 Å². The first-order valence-corrected chi connectivity index (χ1v) is 10.6. The molecule has 162 valence electrons. The number of aliphatic hydroxyl groups excluding tert-OH is 1. The maximum atomic E-state index is 12.9. The van der Waals surface area contributed by atoms with E-state index >= 15 is 0 Å². The number of halogens is 1. The molecule has 1 atom stereocenters. The summed E-state index contributed by atoms with van der Waals surface area (Å²) in [6.07, 6.45) is 8.78. The quantitative estimate of drug-likeness (QED) is 0.581. The van der Waals surface area contributed by atoms with Gasteiger partial charge in [0.25, 0.3) is 5.56 Å². The molecule has 31 heavy (non-hydrogen) atoms. The lowest BCUT2D eigenvalue weighted by atomic mass is 10.1. The number of hydrogen-bond donors (Lipinski definition) is 2. The number of aliphatic hydroxyl groups is 1. The standard InChI is InChI=1S/C22H24ClN5O3/c23-17-11-16(13-24-14-17)20(3-8-29)28-7-2-15(12-21(28)30)19-1-6-25-22(27-19)26-18-4-9-31-10-5-18/h1-2,6-7,11-14,18,20,29H,3-5,8-10H2,(H,25,26,27)/t20-/m1/s1. The van der Waals surface area contributed by atoms with Crippen LogP contribution in [0.4, 0.5) is 5.95 Å². The summed E-state index contributed by atoms with van der Waals surface area (Å²) < 4.78 is 6.96. The zero-order chi connectivity index (χ0) is 21.6. The van der Waals surface area contributed by atoms with Crippen LogP contribution < -0.4 is 10.9 Å². The van der Waals surface area contributed by atoms with Crippen molar-refractivity contribution in [2.45, 2.75) is 31.3 Å². The molecular weight excluding hydrogens is 418 g/mol. The van der Waals surface area contributed by atoms with Crippen LogP contribution in [0.2, 0.25) is 5.02 Å². The first-order valence-electron chi connectivity index (χ1n) is 10.3. The van der Waals surface area contributed by atoms with E-state index in [4.69, 9.17) is 16.3 Å². The summed E-state index contributed by atoms with van der Waals surface area (Å²) in [6.45, 7) is 1.39. The Kier molecular flexibility index (Phi) is 6.91. The molecule has 1 fully saturated rings. The maximum Gasteiger partial charge on any atom is 0.251 e. The summed E-state index contributed by atoms with van der Waals surface area (Å²) in [7, 11) is 0. The zero-order valence-electron chi connectivity index (χ0n) is 16.9. The number of nitrogens with one attached hydrogen (secondary N) is 1. The predicted octanol–water partition coefficient (Wildman–Crippen LogP) is 2.92. The monoisotopic (exact) mass is 441 g/mol. The Morgan fingerprint density at radius 2 is 2.10 bits per heavy atom. The Labute approximate surface area is 184 Å². The van der Waals surface area contributed by atoms with E-state index in [9.17, 15) is 9.90 Å². The largest absolute Gasteiger partial charge is 0.396 e. The predicted molar refractivity (Wildman–Crippen MR) is 118 cm³/mol. The fourth-order valence-corrected chi connectivity index (χ4v) is 3.90. The second kappa shape index (κ2) is 10.00. The third-order valence-electron chi connectivity index (χ3n) is 5.30. The third-order valence-corrected chi connectivity index (χ3v) is 5.51. The molecule has 4 heterocycles. The number of pyridine rings is 2. The van der Waals surface area contributed by atoms with Gasteiger partial charge in [-0.05, 0) is 43.0 Å². The van der Waals surface area contributed by atoms with Crippen LogP contribution in [0.1, 0.15) is 30.9 Å². The van der Waals surface area contributed by atoms with Crippen LogP contribution in [0.25, 0.3) is 11.3 Å². The normalized spacial score (nSPS) is 15.5. The summed E-state index contributed by atoms with van der Waals surface area (Å²) >= 11 is 6.07. The van der Waals surface area contributed by atoms with Gasteiger partial charge in [0, 0.05) is 62.3 Å². The van der Waals surface area contributed by atoms with Crippen LogP contribution in [0.3, 0.4) is 0 Å². The van der Waals surface area contributed by atoms with Gasteiger partial charge >= 0.3 is 0 Å². The van der Waals surface area contributed by atoms with Gasteiger partial charge in [-0.3, -0.25) is 9.78 Å². The van der Waals surface area contributed by atoms with Crippen molar-refractivity contribution in [3.63, 3.8) is 0 Å². The van der Waals surface area contributed by atoms with Crippen molar-refractivity contribution < 1.29 is 9.84 Å². The number of hydrogen-bond acceptors (Lipinski definition) is 7. The molecule has 1 aliphatic heterocycles. The van der Waals surface area contributed by atoms with E-state index in [0.29, 0.717) is 28.6 Å². The molecule has 1 aliphatic rings. The van der Waals surface area contributed by atoms with E-state index in [0.717, 1.165) is 31.6 Å². The molecule has 0 spiro atoms. The van der Waals surface area contributed by atoms with E-state index in [1.165, 1.54) is 6.20 Å². The lowest BCUT2D eigenvalue weighted by molar-refractivity contribution is 0.0903. The highest BCUT2D eigenvalue weighted by atomic mass is 35.5. The van der Waals surface area contributed by atoms with Crippen LogP contribution in [0, 0.1) is 0 Å². The first kappa shape index (κ1) is 21.4. The molecule has 0 bridgehead atoms. The highest BCUT2D eigenvalue weighted by Gasteiger charge is 2.17. The van der Waals surface area contributed by atoms with Gasteiger partial charge in [0.05, 0.1) is 16.8 Å². The molecule has 0 saturated carbocycles. The lowest BCUT2D eigenvalue weighted by Crippen LogP contribution is -2.28. The number of aromatic nitrogens is 4. The van der Waals surface area contributed by atoms with Crippen molar-refractivity contribution in [2.75, 3.05) is 25.1 Å². The smallest absolute Gasteiger partial charge is 0.251 e. The van der Waals surface area contributed by atoms with E-state index in [1.54, 1.807) is 41.4 Å². The summed E-state index contributed by atoms with van der Waals surface area (Å²) in [5.41, 5.74) is 1.93. The van der Waals surface area contributed by atoms with Gasteiger partial charge in [0.1, 0.15) is 0 Å². The molecule has 0 aliphatic carbocycles. The fraction of sp³-hybridized carbons (Fsp3) is 0.364. The molecule has 0 unspecified atom stereocenters. The molecule has 9 heteroatoms. The number of ether oxygens (including phenoxy) is 1. The van der Waals surface area contributed by atoms with E-state index < -0.39 is 0 Å². The number of anilines is 1. The third kappa shape index (κ3) is 5.28. The molecule has 0 radical (unpaired) electrons. The summed E-state index contributed by atoms with van der Waals surface area (Å²) in [5, 5.41) is 13.3. The van der Waals surface area contributed by atoms with Crippen molar-refractivity contribution in [3.05, 3.63) is 70.0 Å². The maximum absolute atomic E-state index is 12.9. The SMILES string of the molecule is O=c1cc(-c2ccnc(NC3CCOCC3)n2)ccn1[C@H](CCO)c1cncc(Cl)c1. The van der Waals surface area contributed by atoms with Crippen LogP contribution in [-0.2, 0) is 4.74 Å². The Morgan fingerprint density at radius 3 is 2.84 bits per heavy atom.